The Morgan fingerprint density at radius 2 is 1.93 bits per heavy atom. The molecule has 0 aromatic carbocycles. The summed E-state index contributed by atoms with van der Waals surface area (Å²) in [6.45, 7) is 3.45. The maximum Gasteiger partial charge on any atom is 0.315 e. The highest BCUT2D eigenvalue weighted by Crippen LogP contribution is 1.93. The number of rotatable bonds is 5. The van der Waals surface area contributed by atoms with Crippen LogP contribution >= 0.6 is 0 Å². The summed E-state index contributed by atoms with van der Waals surface area (Å²) >= 11 is 0. The van der Waals surface area contributed by atoms with E-state index in [4.69, 9.17) is 5.11 Å². The lowest BCUT2D eigenvalue weighted by atomic mass is 10.2. The number of amides is 2. The first-order chi connectivity index (χ1) is 6.90. The molecule has 0 aromatic heterocycles. The van der Waals surface area contributed by atoms with Crippen molar-refractivity contribution in [3.8, 4) is 0 Å². The largest absolute Gasteiger partial charge is 0.481 e. The zero-order chi connectivity index (χ0) is 12.0. The number of carbonyl (C=O) groups excluding carboxylic acids is 2. The van der Waals surface area contributed by atoms with Gasteiger partial charge in [-0.15, -0.1) is 0 Å². The van der Waals surface area contributed by atoms with Gasteiger partial charge in [-0.05, 0) is 13.8 Å². The van der Waals surface area contributed by atoms with E-state index in [0.717, 1.165) is 0 Å². The molecule has 2 N–H and O–H groups in total. The van der Waals surface area contributed by atoms with Crippen LogP contribution in [0.15, 0.2) is 0 Å². The Balaban J connectivity index is 4.01. The van der Waals surface area contributed by atoms with E-state index in [1.807, 2.05) is 0 Å². The number of hydrogen-bond donors (Lipinski definition) is 2. The number of carbonyl (C=O) groups is 3. The summed E-state index contributed by atoms with van der Waals surface area (Å²) in [6.07, 6.45) is 0. The van der Waals surface area contributed by atoms with Crippen LogP contribution < -0.4 is 5.32 Å². The third-order valence-electron chi connectivity index (χ3n) is 2.08. The highest BCUT2D eigenvalue weighted by Gasteiger charge is 2.20. The summed E-state index contributed by atoms with van der Waals surface area (Å²) in [4.78, 5) is 34.2. The predicted octanol–water partition coefficient (Wildman–Crippen LogP) is -0.698. The van der Waals surface area contributed by atoms with E-state index in [2.05, 4.69) is 5.32 Å². The van der Waals surface area contributed by atoms with Crippen LogP contribution in [-0.4, -0.2) is 47.9 Å². The number of carboxylic acid groups (broad SMARTS) is 1. The Labute approximate surface area is 88.2 Å². The fourth-order valence-electron chi connectivity index (χ4n) is 0.739. The van der Waals surface area contributed by atoms with Crippen molar-refractivity contribution < 1.29 is 19.5 Å². The van der Waals surface area contributed by atoms with Crippen molar-refractivity contribution in [1.82, 2.24) is 10.2 Å². The van der Waals surface area contributed by atoms with Crippen LogP contribution in [0.2, 0.25) is 0 Å². The molecule has 0 fully saturated rings. The van der Waals surface area contributed by atoms with Gasteiger partial charge in [-0.1, -0.05) is 0 Å². The lowest BCUT2D eigenvalue weighted by molar-refractivity contribution is -0.147. The zero-order valence-corrected chi connectivity index (χ0v) is 9.11. The molecule has 1 unspecified atom stereocenters. The van der Waals surface area contributed by atoms with Crippen molar-refractivity contribution in [2.75, 3.05) is 20.1 Å². The normalized spacial score (nSPS) is 11.7. The summed E-state index contributed by atoms with van der Waals surface area (Å²) in [7, 11) is 1.61. The maximum atomic E-state index is 11.2. The molecule has 0 saturated heterocycles. The number of nitrogens with zero attached hydrogens (tertiary/aromatic N) is 1. The summed E-state index contributed by atoms with van der Waals surface area (Å²) in [5.41, 5.74) is 0. The molecule has 0 saturated carbocycles. The van der Waals surface area contributed by atoms with Crippen molar-refractivity contribution in [3.05, 3.63) is 0 Å². The van der Waals surface area contributed by atoms with Crippen molar-refractivity contribution in [1.29, 1.82) is 0 Å². The second kappa shape index (κ2) is 6.00. The fourth-order valence-corrected chi connectivity index (χ4v) is 0.739. The van der Waals surface area contributed by atoms with E-state index in [0.29, 0.717) is 6.54 Å². The van der Waals surface area contributed by atoms with Crippen molar-refractivity contribution in [2.24, 2.45) is 5.92 Å². The average Bonchev–Trinajstić information content (AvgIpc) is 2.22. The monoisotopic (exact) mass is 216 g/mol. The van der Waals surface area contributed by atoms with Gasteiger partial charge in [0, 0.05) is 13.6 Å². The lowest BCUT2D eigenvalue weighted by Gasteiger charge is -2.15. The van der Waals surface area contributed by atoms with Crippen LogP contribution in [-0.2, 0) is 14.4 Å². The molecule has 0 aliphatic heterocycles. The number of nitrogens with one attached hydrogen (secondary N) is 1. The second-order valence-corrected chi connectivity index (χ2v) is 3.19. The molecule has 2 amide bonds. The molecule has 0 aliphatic rings. The Hall–Kier alpha value is -1.59. The van der Waals surface area contributed by atoms with Gasteiger partial charge in [-0.2, -0.15) is 0 Å². The van der Waals surface area contributed by atoms with Gasteiger partial charge in [0.05, 0.1) is 6.54 Å². The minimum atomic E-state index is -1.20. The molecular formula is C9H16N2O4. The topological polar surface area (TPSA) is 86.7 Å². The first kappa shape index (κ1) is 13.4. The molecule has 0 radical (unpaired) electrons. The van der Waals surface area contributed by atoms with Crippen LogP contribution in [0, 0.1) is 5.92 Å². The summed E-state index contributed by atoms with van der Waals surface area (Å²) in [6, 6.07) is 0. The van der Waals surface area contributed by atoms with E-state index >= 15 is 0 Å². The van der Waals surface area contributed by atoms with Gasteiger partial charge in [-0.3, -0.25) is 14.4 Å². The Bertz CT molecular complexity index is 265. The molecule has 15 heavy (non-hydrogen) atoms. The molecule has 86 valence electrons. The Morgan fingerprint density at radius 1 is 1.40 bits per heavy atom. The third kappa shape index (κ3) is 4.44. The number of aliphatic carboxylic acids is 1. The van der Waals surface area contributed by atoms with Crippen molar-refractivity contribution in [2.45, 2.75) is 13.8 Å². The van der Waals surface area contributed by atoms with Gasteiger partial charge in [0.1, 0.15) is 5.92 Å². The molecule has 0 spiro atoms. The number of likely N-dealkylation sites (N-methyl/N-ethyl adjacent to an activating group) is 1. The smallest absolute Gasteiger partial charge is 0.315 e. The zero-order valence-electron chi connectivity index (χ0n) is 9.11. The van der Waals surface area contributed by atoms with Gasteiger partial charge in [0.15, 0.2) is 0 Å². The number of carboxylic acids is 1. The first-order valence-corrected chi connectivity index (χ1v) is 4.64. The fraction of sp³-hybridized carbons (Fsp3) is 0.667. The Kier molecular flexibility index (Phi) is 5.36. The molecule has 0 heterocycles. The van der Waals surface area contributed by atoms with Crippen LogP contribution in [0.3, 0.4) is 0 Å². The minimum absolute atomic E-state index is 0.166. The molecule has 1 atom stereocenters. The summed E-state index contributed by atoms with van der Waals surface area (Å²) in [5, 5.41) is 10.8. The van der Waals surface area contributed by atoms with Gasteiger partial charge < -0.3 is 15.3 Å². The molecule has 6 heteroatoms. The van der Waals surface area contributed by atoms with E-state index < -0.39 is 17.8 Å². The van der Waals surface area contributed by atoms with E-state index in [1.54, 1.807) is 14.0 Å². The maximum absolute atomic E-state index is 11.2. The van der Waals surface area contributed by atoms with E-state index in [-0.39, 0.29) is 12.5 Å². The van der Waals surface area contributed by atoms with Crippen LogP contribution in [0.5, 0.6) is 0 Å². The molecule has 0 bridgehead atoms. The second-order valence-electron chi connectivity index (χ2n) is 3.19. The first-order valence-electron chi connectivity index (χ1n) is 4.64. The highest BCUT2D eigenvalue weighted by atomic mass is 16.4. The van der Waals surface area contributed by atoms with Crippen molar-refractivity contribution >= 4 is 17.8 Å². The van der Waals surface area contributed by atoms with Crippen LogP contribution in [0.1, 0.15) is 13.8 Å². The molecular weight excluding hydrogens is 200 g/mol. The van der Waals surface area contributed by atoms with E-state index in [9.17, 15) is 14.4 Å². The number of hydrogen-bond acceptors (Lipinski definition) is 3. The van der Waals surface area contributed by atoms with Gasteiger partial charge in [-0.25, -0.2) is 0 Å². The minimum Gasteiger partial charge on any atom is -0.481 e. The summed E-state index contributed by atoms with van der Waals surface area (Å²) in [5.74, 6) is -3.24. The van der Waals surface area contributed by atoms with Gasteiger partial charge in [0.25, 0.3) is 0 Å². The lowest BCUT2D eigenvalue weighted by Crippen LogP contribution is -2.41. The third-order valence-corrected chi connectivity index (χ3v) is 2.08. The van der Waals surface area contributed by atoms with Crippen LogP contribution in [0.25, 0.3) is 0 Å². The predicted molar refractivity (Wildman–Crippen MR) is 53.1 cm³/mol. The standard InChI is InChI=1S/C9H16N2O4/c1-4-11(3)7(12)5-10-8(13)6(2)9(14)15/h6H,4-5H2,1-3H3,(H,10,13)(H,14,15). The summed E-state index contributed by atoms with van der Waals surface area (Å²) < 4.78 is 0. The molecule has 0 rings (SSSR count). The van der Waals surface area contributed by atoms with Gasteiger partial charge in [0.2, 0.25) is 11.8 Å². The molecule has 6 nitrogen and oxygen atoms in total. The van der Waals surface area contributed by atoms with Gasteiger partial charge >= 0.3 is 5.97 Å². The quantitative estimate of drug-likeness (QED) is 0.595. The van der Waals surface area contributed by atoms with Crippen LogP contribution in [0.4, 0.5) is 0 Å². The van der Waals surface area contributed by atoms with E-state index in [1.165, 1.54) is 11.8 Å². The molecule has 0 aliphatic carbocycles. The average molecular weight is 216 g/mol. The SMILES string of the molecule is CCN(C)C(=O)CNC(=O)C(C)C(=O)O. The van der Waals surface area contributed by atoms with Crippen molar-refractivity contribution in [3.63, 3.8) is 0 Å². The highest BCUT2D eigenvalue weighted by molar-refractivity contribution is 5.97. The Morgan fingerprint density at radius 3 is 2.33 bits per heavy atom. The molecule has 0 aromatic rings.